The molecular formula is C11H17F3N2O4. The van der Waals surface area contributed by atoms with E-state index in [0.29, 0.717) is 17.7 Å². The maximum absolute atomic E-state index is 12.3. The maximum Gasteiger partial charge on any atom is 0.406 e. The Hall–Kier alpha value is -1.51. The number of hydrogen-bond acceptors (Lipinski definition) is 3. The van der Waals surface area contributed by atoms with Crippen LogP contribution in [0.5, 0.6) is 0 Å². The SMILES string of the molecule is O=C(NC1(C(=O)O)CCCC1)N(CCO)CC(F)(F)F. The molecule has 1 aliphatic rings. The minimum absolute atomic E-state index is 0.188. The molecule has 0 saturated heterocycles. The second-order valence-electron chi connectivity index (χ2n) is 4.78. The van der Waals surface area contributed by atoms with Gasteiger partial charge in [0, 0.05) is 6.54 Å². The summed E-state index contributed by atoms with van der Waals surface area (Å²) in [4.78, 5) is 23.4. The van der Waals surface area contributed by atoms with Gasteiger partial charge in [-0.3, -0.25) is 0 Å². The van der Waals surface area contributed by atoms with Gasteiger partial charge in [-0.25, -0.2) is 9.59 Å². The van der Waals surface area contributed by atoms with Crippen molar-refractivity contribution in [1.82, 2.24) is 10.2 Å². The van der Waals surface area contributed by atoms with E-state index >= 15 is 0 Å². The number of carboxylic acids is 1. The van der Waals surface area contributed by atoms with Crippen LogP contribution in [0, 0.1) is 0 Å². The first-order chi connectivity index (χ1) is 9.20. The minimum Gasteiger partial charge on any atom is -0.480 e. The van der Waals surface area contributed by atoms with Crippen LogP contribution in [0.15, 0.2) is 0 Å². The fourth-order valence-corrected chi connectivity index (χ4v) is 2.24. The molecule has 0 atom stereocenters. The molecule has 116 valence electrons. The molecule has 1 saturated carbocycles. The molecule has 9 heteroatoms. The van der Waals surface area contributed by atoms with Gasteiger partial charge < -0.3 is 20.4 Å². The van der Waals surface area contributed by atoms with Crippen LogP contribution >= 0.6 is 0 Å². The third-order valence-corrected chi connectivity index (χ3v) is 3.24. The van der Waals surface area contributed by atoms with E-state index in [4.69, 9.17) is 10.2 Å². The second-order valence-corrected chi connectivity index (χ2v) is 4.78. The van der Waals surface area contributed by atoms with Gasteiger partial charge >= 0.3 is 18.2 Å². The monoisotopic (exact) mass is 298 g/mol. The van der Waals surface area contributed by atoms with Crippen LogP contribution in [0.1, 0.15) is 25.7 Å². The number of urea groups is 1. The normalized spacial score (nSPS) is 17.8. The number of carbonyl (C=O) groups excluding carboxylic acids is 1. The van der Waals surface area contributed by atoms with Crippen molar-refractivity contribution in [2.24, 2.45) is 0 Å². The molecule has 0 aliphatic heterocycles. The average molecular weight is 298 g/mol. The van der Waals surface area contributed by atoms with Crippen LogP contribution in [-0.4, -0.2) is 58.5 Å². The van der Waals surface area contributed by atoms with E-state index in [2.05, 4.69) is 5.32 Å². The molecule has 1 rings (SSSR count). The van der Waals surface area contributed by atoms with Crippen molar-refractivity contribution in [3.05, 3.63) is 0 Å². The first kappa shape index (κ1) is 16.5. The highest BCUT2D eigenvalue weighted by molar-refractivity contribution is 5.86. The number of carboxylic acid groups (broad SMARTS) is 1. The van der Waals surface area contributed by atoms with Crippen LogP contribution in [0.3, 0.4) is 0 Å². The zero-order chi connectivity index (χ0) is 15.4. The van der Waals surface area contributed by atoms with Crippen LogP contribution < -0.4 is 5.32 Å². The molecule has 2 amide bonds. The lowest BCUT2D eigenvalue weighted by atomic mass is 9.98. The first-order valence-corrected chi connectivity index (χ1v) is 6.18. The van der Waals surface area contributed by atoms with Crippen molar-refractivity contribution < 1.29 is 33.0 Å². The molecule has 0 heterocycles. The van der Waals surface area contributed by atoms with Crippen LogP contribution in [0.2, 0.25) is 0 Å². The van der Waals surface area contributed by atoms with E-state index in [9.17, 15) is 22.8 Å². The van der Waals surface area contributed by atoms with Crippen molar-refractivity contribution in [3.8, 4) is 0 Å². The summed E-state index contributed by atoms with van der Waals surface area (Å²) in [6.45, 7) is -2.68. The van der Waals surface area contributed by atoms with E-state index in [-0.39, 0.29) is 12.8 Å². The van der Waals surface area contributed by atoms with Crippen LogP contribution in [0.4, 0.5) is 18.0 Å². The summed E-state index contributed by atoms with van der Waals surface area (Å²) in [5.41, 5.74) is -1.50. The van der Waals surface area contributed by atoms with Gasteiger partial charge in [-0.05, 0) is 12.8 Å². The fourth-order valence-electron chi connectivity index (χ4n) is 2.24. The Balaban J connectivity index is 2.76. The number of aliphatic carboxylic acids is 1. The highest BCUT2D eigenvalue weighted by atomic mass is 19.4. The molecule has 0 aromatic heterocycles. The Kier molecular flexibility index (Phi) is 5.21. The van der Waals surface area contributed by atoms with E-state index in [1.54, 1.807) is 0 Å². The van der Waals surface area contributed by atoms with Crippen LogP contribution in [0.25, 0.3) is 0 Å². The third kappa shape index (κ3) is 4.26. The van der Waals surface area contributed by atoms with E-state index < -0.39 is 43.4 Å². The summed E-state index contributed by atoms with van der Waals surface area (Å²) >= 11 is 0. The number of halogens is 3. The number of alkyl halides is 3. The Labute approximate surface area is 113 Å². The smallest absolute Gasteiger partial charge is 0.406 e. The fraction of sp³-hybridized carbons (Fsp3) is 0.818. The molecule has 3 N–H and O–H groups in total. The molecule has 6 nitrogen and oxygen atoms in total. The standard InChI is InChI=1S/C11H17F3N2O4/c12-11(13,14)7-16(5-6-17)9(20)15-10(8(18)19)3-1-2-4-10/h17H,1-7H2,(H,15,20)(H,18,19). The van der Waals surface area contributed by atoms with Gasteiger partial charge in [0.1, 0.15) is 12.1 Å². The lowest BCUT2D eigenvalue weighted by molar-refractivity contribution is -0.145. The van der Waals surface area contributed by atoms with E-state index in [1.807, 2.05) is 0 Å². The number of carbonyl (C=O) groups is 2. The number of rotatable bonds is 5. The average Bonchev–Trinajstić information content (AvgIpc) is 2.76. The Morgan fingerprint density at radius 1 is 1.25 bits per heavy atom. The largest absolute Gasteiger partial charge is 0.480 e. The summed E-state index contributed by atoms with van der Waals surface area (Å²) in [5.74, 6) is -1.25. The first-order valence-electron chi connectivity index (χ1n) is 6.18. The van der Waals surface area contributed by atoms with E-state index in [1.165, 1.54) is 0 Å². The molecule has 0 aromatic carbocycles. The molecule has 0 spiro atoms. The molecule has 20 heavy (non-hydrogen) atoms. The summed E-state index contributed by atoms with van der Waals surface area (Å²) in [5, 5.41) is 20.0. The lowest BCUT2D eigenvalue weighted by Gasteiger charge is -2.30. The summed E-state index contributed by atoms with van der Waals surface area (Å²) in [7, 11) is 0. The predicted octanol–water partition coefficient (Wildman–Crippen LogP) is 0.950. The molecular weight excluding hydrogens is 281 g/mol. The van der Waals surface area contributed by atoms with Crippen LogP contribution in [-0.2, 0) is 4.79 Å². The van der Waals surface area contributed by atoms with Gasteiger partial charge in [-0.15, -0.1) is 0 Å². The molecule has 0 aromatic rings. The quantitative estimate of drug-likeness (QED) is 0.705. The number of aliphatic hydroxyl groups excluding tert-OH is 1. The second kappa shape index (κ2) is 6.29. The van der Waals surface area contributed by atoms with Gasteiger partial charge in [0.05, 0.1) is 6.61 Å². The van der Waals surface area contributed by atoms with Gasteiger partial charge in [-0.2, -0.15) is 13.2 Å². The Bertz CT molecular complexity index is 367. The number of nitrogens with zero attached hydrogens (tertiary/aromatic N) is 1. The zero-order valence-electron chi connectivity index (χ0n) is 10.7. The molecule has 0 unspecified atom stereocenters. The maximum atomic E-state index is 12.3. The van der Waals surface area contributed by atoms with Gasteiger partial charge in [0.2, 0.25) is 0 Å². The topological polar surface area (TPSA) is 89.9 Å². The minimum atomic E-state index is -4.61. The number of nitrogens with one attached hydrogen (secondary N) is 1. The van der Waals surface area contributed by atoms with Crippen molar-refractivity contribution in [3.63, 3.8) is 0 Å². The molecule has 0 radical (unpaired) electrons. The number of hydrogen-bond donors (Lipinski definition) is 3. The van der Waals surface area contributed by atoms with Gasteiger partial charge in [0.15, 0.2) is 0 Å². The number of aliphatic hydroxyl groups is 1. The van der Waals surface area contributed by atoms with Crippen molar-refractivity contribution in [2.75, 3.05) is 19.7 Å². The predicted molar refractivity (Wildman–Crippen MR) is 62.1 cm³/mol. The van der Waals surface area contributed by atoms with Gasteiger partial charge in [0.25, 0.3) is 0 Å². The summed E-state index contributed by atoms with van der Waals surface area (Å²) in [6.07, 6.45) is -3.06. The summed E-state index contributed by atoms with van der Waals surface area (Å²) in [6, 6.07) is -1.12. The van der Waals surface area contributed by atoms with Gasteiger partial charge in [-0.1, -0.05) is 12.8 Å². The van der Waals surface area contributed by atoms with Crippen molar-refractivity contribution >= 4 is 12.0 Å². The molecule has 1 aliphatic carbocycles. The highest BCUT2D eigenvalue weighted by Gasteiger charge is 2.44. The zero-order valence-corrected chi connectivity index (χ0v) is 10.7. The molecule has 0 bridgehead atoms. The number of amides is 2. The third-order valence-electron chi connectivity index (χ3n) is 3.24. The summed E-state index contributed by atoms with van der Waals surface area (Å²) < 4.78 is 37.0. The molecule has 1 fully saturated rings. The highest BCUT2D eigenvalue weighted by Crippen LogP contribution is 2.30. The van der Waals surface area contributed by atoms with E-state index in [0.717, 1.165) is 0 Å². The Morgan fingerprint density at radius 3 is 2.20 bits per heavy atom. The van der Waals surface area contributed by atoms with Crippen molar-refractivity contribution in [2.45, 2.75) is 37.4 Å². The Morgan fingerprint density at radius 2 is 1.80 bits per heavy atom. The lowest BCUT2D eigenvalue weighted by Crippen LogP contribution is -2.57. The van der Waals surface area contributed by atoms with Crippen molar-refractivity contribution in [1.29, 1.82) is 0 Å².